The Hall–Kier alpha value is -2.62. The van der Waals surface area contributed by atoms with E-state index in [1.807, 2.05) is 44.2 Å². The number of nitrogens with zero attached hydrogens (tertiary/aromatic N) is 1. The highest BCUT2D eigenvalue weighted by atomic mass is 16.5. The Balaban J connectivity index is 2.00. The van der Waals surface area contributed by atoms with Crippen molar-refractivity contribution in [1.82, 2.24) is 4.98 Å². The first-order valence-corrected chi connectivity index (χ1v) is 7.12. The summed E-state index contributed by atoms with van der Waals surface area (Å²) >= 11 is 0. The van der Waals surface area contributed by atoms with Gasteiger partial charge in [0, 0.05) is 6.07 Å². The van der Waals surface area contributed by atoms with Crippen molar-refractivity contribution in [2.24, 2.45) is 0 Å². The summed E-state index contributed by atoms with van der Waals surface area (Å²) in [5.41, 5.74) is 0.946. The number of hydrogen-bond acceptors (Lipinski definition) is 4. The van der Waals surface area contributed by atoms with E-state index in [0.29, 0.717) is 17.4 Å². The fourth-order valence-corrected chi connectivity index (χ4v) is 1.73. The Morgan fingerprint density at radius 2 is 1.77 bits per heavy atom. The standard InChI is InChI=1S/C18H19NO3/c1-13(2)21-18-11-10-17(12-19-18)22-16-8-6-15(7-9-16)5-4-14(3)20/h4-13H,1-3H3/b5-4+. The van der Waals surface area contributed by atoms with Crippen molar-refractivity contribution < 1.29 is 14.3 Å². The van der Waals surface area contributed by atoms with Crippen LogP contribution in [0.4, 0.5) is 0 Å². The molecule has 4 nitrogen and oxygen atoms in total. The van der Waals surface area contributed by atoms with Crippen molar-refractivity contribution in [3.8, 4) is 17.4 Å². The normalized spacial score (nSPS) is 10.9. The maximum Gasteiger partial charge on any atom is 0.213 e. The number of hydrogen-bond donors (Lipinski definition) is 0. The number of pyridine rings is 1. The molecule has 22 heavy (non-hydrogen) atoms. The highest BCUT2D eigenvalue weighted by molar-refractivity contribution is 5.91. The van der Waals surface area contributed by atoms with Gasteiger partial charge in [-0.25, -0.2) is 4.98 Å². The molecule has 0 fully saturated rings. The van der Waals surface area contributed by atoms with Gasteiger partial charge in [0.25, 0.3) is 0 Å². The SMILES string of the molecule is CC(=O)/C=C/c1ccc(Oc2ccc(OC(C)C)nc2)cc1. The second kappa shape index (κ2) is 7.41. The molecule has 0 amide bonds. The van der Waals surface area contributed by atoms with Gasteiger partial charge in [-0.1, -0.05) is 18.2 Å². The Labute approximate surface area is 130 Å². The van der Waals surface area contributed by atoms with Crippen LogP contribution in [-0.2, 0) is 4.79 Å². The number of carbonyl (C=O) groups excluding carboxylic acids is 1. The first-order valence-electron chi connectivity index (χ1n) is 7.12. The Bertz CT molecular complexity index is 643. The van der Waals surface area contributed by atoms with E-state index < -0.39 is 0 Å². The molecule has 1 aromatic heterocycles. The van der Waals surface area contributed by atoms with Crippen LogP contribution < -0.4 is 9.47 Å². The van der Waals surface area contributed by atoms with Crippen molar-refractivity contribution in [2.75, 3.05) is 0 Å². The number of carbonyl (C=O) groups is 1. The van der Waals surface area contributed by atoms with E-state index in [9.17, 15) is 4.79 Å². The average molecular weight is 297 g/mol. The van der Waals surface area contributed by atoms with Crippen LogP contribution in [0.25, 0.3) is 6.08 Å². The number of allylic oxidation sites excluding steroid dienone is 1. The number of rotatable bonds is 6. The molecule has 0 aliphatic heterocycles. The monoisotopic (exact) mass is 297 g/mol. The molecule has 2 aromatic rings. The molecule has 1 heterocycles. The highest BCUT2D eigenvalue weighted by Crippen LogP contribution is 2.23. The Kier molecular flexibility index (Phi) is 5.31. The van der Waals surface area contributed by atoms with Crippen molar-refractivity contribution in [2.45, 2.75) is 26.9 Å². The van der Waals surface area contributed by atoms with Crippen molar-refractivity contribution in [1.29, 1.82) is 0 Å². The summed E-state index contributed by atoms with van der Waals surface area (Å²) in [7, 11) is 0. The third kappa shape index (κ3) is 5.05. The number of aromatic nitrogens is 1. The number of ether oxygens (including phenoxy) is 2. The molecule has 0 saturated carbocycles. The summed E-state index contributed by atoms with van der Waals surface area (Å²) in [5, 5.41) is 0. The molecular formula is C18H19NO3. The van der Waals surface area contributed by atoms with Crippen LogP contribution in [0.3, 0.4) is 0 Å². The van der Waals surface area contributed by atoms with Gasteiger partial charge in [-0.05, 0) is 50.6 Å². The lowest BCUT2D eigenvalue weighted by molar-refractivity contribution is -0.112. The maximum absolute atomic E-state index is 10.9. The molecule has 0 saturated heterocycles. The fourth-order valence-electron chi connectivity index (χ4n) is 1.73. The minimum absolute atomic E-state index is 0.0232. The van der Waals surface area contributed by atoms with Crippen LogP contribution in [0.5, 0.6) is 17.4 Å². The van der Waals surface area contributed by atoms with Crippen LogP contribution in [0.15, 0.2) is 48.7 Å². The lowest BCUT2D eigenvalue weighted by atomic mass is 10.2. The van der Waals surface area contributed by atoms with Gasteiger partial charge in [-0.15, -0.1) is 0 Å². The molecule has 0 radical (unpaired) electrons. The molecule has 1 aromatic carbocycles. The quantitative estimate of drug-likeness (QED) is 0.747. The Morgan fingerprint density at radius 3 is 2.32 bits per heavy atom. The second-order valence-corrected chi connectivity index (χ2v) is 5.11. The number of ketones is 1. The zero-order valence-electron chi connectivity index (χ0n) is 12.9. The molecule has 0 spiro atoms. The average Bonchev–Trinajstić information content (AvgIpc) is 2.48. The number of benzene rings is 1. The minimum atomic E-state index is 0.0232. The summed E-state index contributed by atoms with van der Waals surface area (Å²) in [6.45, 7) is 5.43. The van der Waals surface area contributed by atoms with Crippen LogP contribution in [-0.4, -0.2) is 16.9 Å². The Morgan fingerprint density at radius 1 is 1.09 bits per heavy atom. The lowest BCUT2D eigenvalue weighted by Gasteiger charge is -2.09. The zero-order valence-corrected chi connectivity index (χ0v) is 12.9. The maximum atomic E-state index is 10.9. The predicted octanol–water partition coefficient (Wildman–Crippen LogP) is 4.26. The van der Waals surface area contributed by atoms with Gasteiger partial charge >= 0.3 is 0 Å². The largest absolute Gasteiger partial charge is 0.475 e. The van der Waals surface area contributed by atoms with E-state index in [-0.39, 0.29) is 11.9 Å². The zero-order chi connectivity index (χ0) is 15.9. The van der Waals surface area contributed by atoms with Gasteiger partial charge in [0.2, 0.25) is 5.88 Å². The van der Waals surface area contributed by atoms with Crippen molar-refractivity contribution in [3.05, 3.63) is 54.2 Å². The molecule has 0 bridgehead atoms. The lowest BCUT2D eigenvalue weighted by Crippen LogP contribution is -2.06. The van der Waals surface area contributed by atoms with Gasteiger partial charge < -0.3 is 9.47 Å². The van der Waals surface area contributed by atoms with Gasteiger partial charge in [-0.3, -0.25) is 4.79 Å². The smallest absolute Gasteiger partial charge is 0.213 e. The van der Waals surface area contributed by atoms with E-state index in [0.717, 1.165) is 5.56 Å². The summed E-state index contributed by atoms with van der Waals surface area (Å²) in [5.74, 6) is 1.95. The van der Waals surface area contributed by atoms with E-state index >= 15 is 0 Å². The van der Waals surface area contributed by atoms with Crippen LogP contribution in [0, 0.1) is 0 Å². The highest BCUT2D eigenvalue weighted by Gasteiger charge is 2.01. The summed E-state index contributed by atoms with van der Waals surface area (Å²) in [6, 6.07) is 11.1. The molecule has 0 atom stereocenters. The van der Waals surface area contributed by atoms with Gasteiger partial charge in [0.05, 0.1) is 12.3 Å². The summed E-state index contributed by atoms with van der Waals surface area (Å²) < 4.78 is 11.2. The van der Waals surface area contributed by atoms with Gasteiger partial charge in [-0.2, -0.15) is 0 Å². The summed E-state index contributed by atoms with van der Waals surface area (Å²) in [6.07, 6.45) is 5.02. The minimum Gasteiger partial charge on any atom is -0.475 e. The molecule has 0 unspecified atom stereocenters. The van der Waals surface area contributed by atoms with Crippen molar-refractivity contribution in [3.63, 3.8) is 0 Å². The summed E-state index contributed by atoms with van der Waals surface area (Å²) in [4.78, 5) is 15.1. The third-order valence-electron chi connectivity index (χ3n) is 2.69. The van der Waals surface area contributed by atoms with Crippen LogP contribution >= 0.6 is 0 Å². The molecular weight excluding hydrogens is 278 g/mol. The molecule has 114 valence electrons. The second-order valence-electron chi connectivity index (χ2n) is 5.11. The topological polar surface area (TPSA) is 48.4 Å². The molecule has 0 N–H and O–H groups in total. The van der Waals surface area contributed by atoms with E-state index in [2.05, 4.69) is 4.98 Å². The molecule has 2 rings (SSSR count). The first-order chi connectivity index (χ1) is 10.5. The van der Waals surface area contributed by atoms with Gasteiger partial charge in [0.15, 0.2) is 5.78 Å². The first kappa shape index (κ1) is 15.8. The van der Waals surface area contributed by atoms with Crippen LogP contribution in [0.1, 0.15) is 26.3 Å². The fraction of sp³-hybridized carbons (Fsp3) is 0.222. The van der Waals surface area contributed by atoms with Crippen molar-refractivity contribution >= 4 is 11.9 Å². The van der Waals surface area contributed by atoms with Gasteiger partial charge in [0.1, 0.15) is 11.5 Å². The van der Waals surface area contributed by atoms with Crippen LogP contribution in [0.2, 0.25) is 0 Å². The molecule has 0 aliphatic rings. The predicted molar refractivity (Wildman–Crippen MR) is 86.2 cm³/mol. The molecule has 0 aliphatic carbocycles. The van der Waals surface area contributed by atoms with E-state index in [1.54, 1.807) is 18.3 Å². The van der Waals surface area contributed by atoms with E-state index in [1.165, 1.54) is 13.0 Å². The third-order valence-corrected chi connectivity index (χ3v) is 2.69. The van der Waals surface area contributed by atoms with E-state index in [4.69, 9.17) is 9.47 Å². The molecule has 4 heteroatoms.